The average Bonchev–Trinajstić information content (AvgIpc) is 3.10. The summed E-state index contributed by atoms with van der Waals surface area (Å²) in [6.07, 6.45) is 1.13. The number of rotatable bonds is 1. The van der Waals surface area contributed by atoms with E-state index in [-0.39, 0.29) is 5.91 Å². The topological polar surface area (TPSA) is 32.3 Å². The maximum absolute atomic E-state index is 12.9. The van der Waals surface area contributed by atoms with E-state index in [4.69, 9.17) is 0 Å². The van der Waals surface area contributed by atoms with Crippen LogP contribution in [0.2, 0.25) is 0 Å². The number of hydrogen-bond acceptors (Lipinski definition) is 3. The molecule has 4 heteroatoms. The fourth-order valence-corrected chi connectivity index (χ4v) is 4.74. The molecule has 0 aliphatic carbocycles. The minimum Gasteiger partial charge on any atom is -0.331 e. The Hall–Kier alpha value is -1.39. The predicted molar refractivity (Wildman–Crippen MR) is 82.2 cm³/mol. The van der Waals surface area contributed by atoms with E-state index in [9.17, 15) is 4.79 Å². The third-order valence-electron chi connectivity index (χ3n) is 4.65. The van der Waals surface area contributed by atoms with E-state index in [0.29, 0.717) is 18.0 Å². The maximum atomic E-state index is 12.9. The highest BCUT2D eigenvalue weighted by Crippen LogP contribution is 2.35. The Morgan fingerprint density at radius 1 is 1.35 bits per heavy atom. The molecule has 3 heterocycles. The Morgan fingerprint density at radius 3 is 3.05 bits per heavy atom. The van der Waals surface area contributed by atoms with Crippen LogP contribution in [0.4, 0.5) is 0 Å². The molecule has 2 aliphatic rings. The molecule has 1 N–H and O–H groups in total. The highest BCUT2D eigenvalue weighted by molar-refractivity contribution is 7.20. The first-order valence-electron chi connectivity index (χ1n) is 7.26. The second kappa shape index (κ2) is 4.57. The Labute approximate surface area is 122 Å². The number of benzene rings is 1. The lowest BCUT2D eigenvalue weighted by Gasteiger charge is -2.27. The van der Waals surface area contributed by atoms with Crippen LogP contribution in [-0.4, -0.2) is 36.0 Å². The largest absolute Gasteiger partial charge is 0.331 e. The lowest BCUT2D eigenvalue weighted by Crippen LogP contribution is -2.42. The molecule has 4 rings (SSSR count). The van der Waals surface area contributed by atoms with E-state index < -0.39 is 0 Å². The van der Waals surface area contributed by atoms with Crippen LogP contribution in [0.3, 0.4) is 0 Å². The van der Waals surface area contributed by atoms with Crippen molar-refractivity contribution < 1.29 is 4.79 Å². The van der Waals surface area contributed by atoms with Crippen LogP contribution in [0, 0.1) is 5.92 Å². The van der Waals surface area contributed by atoms with Crippen molar-refractivity contribution >= 4 is 27.3 Å². The van der Waals surface area contributed by atoms with Crippen molar-refractivity contribution in [2.24, 2.45) is 5.92 Å². The summed E-state index contributed by atoms with van der Waals surface area (Å²) in [5, 5.41) is 4.59. The zero-order valence-electron chi connectivity index (χ0n) is 11.5. The van der Waals surface area contributed by atoms with E-state index >= 15 is 0 Å². The molecule has 0 radical (unpaired) electrons. The summed E-state index contributed by atoms with van der Waals surface area (Å²) in [5.74, 6) is 0.859. The van der Waals surface area contributed by atoms with E-state index in [0.717, 1.165) is 24.4 Å². The van der Waals surface area contributed by atoms with Crippen LogP contribution in [0.1, 0.15) is 23.0 Å². The van der Waals surface area contributed by atoms with Crippen LogP contribution in [0.25, 0.3) is 10.1 Å². The quantitative estimate of drug-likeness (QED) is 0.874. The fraction of sp³-hybridized carbons (Fsp3) is 0.438. The number of nitrogens with zero attached hydrogens (tertiary/aromatic N) is 1. The molecule has 1 aromatic carbocycles. The molecule has 2 aromatic rings. The van der Waals surface area contributed by atoms with E-state index in [2.05, 4.69) is 29.3 Å². The molecule has 2 saturated heterocycles. The van der Waals surface area contributed by atoms with Gasteiger partial charge in [0.05, 0.1) is 4.88 Å². The molecule has 0 bridgehead atoms. The summed E-state index contributed by atoms with van der Waals surface area (Å²) in [4.78, 5) is 15.9. The van der Waals surface area contributed by atoms with E-state index in [1.165, 1.54) is 10.1 Å². The van der Waals surface area contributed by atoms with Gasteiger partial charge in [-0.15, -0.1) is 11.3 Å². The van der Waals surface area contributed by atoms with Gasteiger partial charge in [0.1, 0.15) is 0 Å². The molecule has 3 atom stereocenters. The highest BCUT2D eigenvalue weighted by Gasteiger charge is 2.44. The van der Waals surface area contributed by atoms with Gasteiger partial charge in [-0.1, -0.05) is 18.2 Å². The van der Waals surface area contributed by atoms with Crippen LogP contribution in [0.15, 0.2) is 30.3 Å². The third kappa shape index (κ3) is 1.79. The summed E-state index contributed by atoms with van der Waals surface area (Å²) >= 11 is 1.62. The first-order valence-corrected chi connectivity index (χ1v) is 8.07. The number of likely N-dealkylation sites (tertiary alicyclic amines) is 1. The maximum Gasteiger partial charge on any atom is 0.264 e. The van der Waals surface area contributed by atoms with Gasteiger partial charge in [0, 0.05) is 29.9 Å². The summed E-state index contributed by atoms with van der Waals surface area (Å²) in [7, 11) is 0. The number of amides is 1. The van der Waals surface area contributed by atoms with Gasteiger partial charge in [-0.2, -0.15) is 0 Å². The predicted octanol–water partition coefficient (Wildman–Crippen LogP) is 2.72. The monoisotopic (exact) mass is 286 g/mol. The molecule has 2 fully saturated rings. The van der Waals surface area contributed by atoms with Crippen LogP contribution >= 0.6 is 11.3 Å². The summed E-state index contributed by atoms with van der Waals surface area (Å²) in [5.41, 5.74) is 0. The van der Waals surface area contributed by atoms with Gasteiger partial charge in [-0.25, -0.2) is 0 Å². The van der Waals surface area contributed by atoms with Crippen molar-refractivity contribution in [3.05, 3.63) is 35.2 Å². The van der Waals surface area contributed by atoms with Crippen LogP contribution in [0.5, 0.6) is 0 Å². The molecular formula is C16H18N2OS. The molecule has 0 saturated carbocycles. The average molecular weight is 286 g/mol. The number of carbonyl (C=O) groups excluding carboxylic acids is 1. The minimum atomic E-state index is 0.218. The number of nitrogens with one attached hydrogen (secondary N) is 1. The number of thiophene rings is 1. The second-order valence-corrected chi connectivity index (χ2v) is 7.02. The molecule has 3 unspecified atom stereocenters. The van der Waals surface area contributed by atoms with Gasteiger partial charge in [-0.3, -0.25) is 4.79 Å². The summed E-state index contributed by atoms with van der Waals surface area (Å²) in [6.45, 7) is 4.19. The Bertz CT molecular complexity index is 632. The molecule has 1 amide bonds. The number of carbonyl (C=O) groups is 1. The standard InChI is InChI=1S/C16H18N2OS/c1-10-6-12-8-17-9-13(12)18(10)16(19)15-7-11-4-2-3-5-14(11)20-15/h2-5,7,10,12-13,17H,6,8-9H2,1H3. The minimum absolute atomic E-state index is 0.218. The van der Waals surface area contributed by atoms with Gasteiger partial charge in [0.15, 0.2) is 0 Å². The fourth-order valence-electron chi connectivity index (χ4n) is 3.73. The van der Waals surface area contributed by atoms with Gasteiger partial charge >= 0.3 is 0 Å². The molecule has 2 aliphatic heterocycles. The molecule has 1 aromatic heterocycles. The third-order valence-corrected chi connectivity index (χ3v) is 5.76. The smallest absolute Gasteiger partial charge is 0.264 e. The van der Waals surface area contributed by atoms with Crippen molar-refractivity contribution in [1.82, 2.24) is 10.2 Å². The molecule has 3 nitrogen and oxygen atoms in total. The zero-order chi connectivity index (χ0) is 13.7. The van der Waals surface area contributed by atoms with Crippen molar-refractivity contribution in [2.75, 3.05) is 13.1 Å². The molecular weight excluding hydrogens is 268 g/mol. The molecule has 0 spiro atoms. The molecule has 20 heavy (non-hydrogen) atoms. The summed E-state index contributed by atoms with van der Waals surface area (Å²) < 4.78 is 1.20. The first kappa shape index (κ1) is 12.4. The zero-order valence-corrected chi connectivity index (χ0v) is 12.3. The normalized spacial score (nSPS) is 29.1. The highest BCUT2D eigenvalue weighted by atomic mass is 32.1. The van der Waals surface area contributed by atoms with Gasteiger partial charge in [0.2, 0.25) is 0 Å². The Morgan fingerprint density at radius 2 is 2.20 bits per heavy atom. The Kier molecular flexibility index (Phi) is 2.82. The SMILES string of the molecule is CC1CC2CNCC2N1C(=O)c1cc2ccccc2s1. The molecule has 104 valence electrons. The van der Waals surface area contributed by atoms with Gasteiger partial charge in [-0.05, 0) is 36.8 Å². The summed E-state index contributed by atoms with van der Waals surface area (Å²) in [6, 6.07) is 11.0. The van der Waals surface area contributed by atoms with E-state index in [1.807, 2.05) is 18.2 Å². The van der Waals surface area contributed by atoms with Gasteiger partial charge < -0.3 is 10.2 Å². The van der Waals surface area contributed by atoms with E-state index in [1.54, 1.807) is 11.3 Å². The van der Waals surface area contributed by atoms with Crippen molar-refractivity contribution in [2.45, 2.75) is 25.4 Å². The van der Waals surface area contributed by atoms with Crippen LogP contribution in [-0.2, 0) is 0 Å². The second-order valence-electron chi connectivity index (χ2n) is 5.93. The lowest BCUT2D eigenvalue weighted by molar-refractivity contribution is 0.0687. The van der Waals surface area contributed by atoms with Crippen molar-refractivity contribution in [3.63, 3.8) is 0 Å². The van der Waals surface area contributed by atoms with Crippen molar-refractivity contribution in [1.29, 1.82) is 0 Å². The van der Waals surface area contributed by atoms with Gasteiger partial charge in [0.25, 0.3) is 5.91 Å². The number of hydrogen-bond donors (Lipinski definition) is 1. The Balaban J connectivity index is 1.69. The van der Waals surface area contributed by atoms with Crippen molar-refractivity contribution in [3.8, 4) is 0 Å². The number of fused-ring (bicyclic) bond motifs is 2. The first-order chi connectivity index (χ1) is 9.74. The lowest BCUT2D eigenvalue weighted by atomic mass is 10.0. The van der Waals surface area contributed by atoms with Crippen LogP contribution < -0.4 is 5.32 Å².